The summed E-state index contributed by atoms with van der Waals surface area (Å²) in [7, 11) is 0. The molecule has 17 heavy (non-hydrogen) atoms. The van der Waals surface area contributed by atoms with Crippen LogP contribution < -0.4 is 5.73 Å². The Hall–Kier alpha value is -0.770. The molecule has 0 bridgehead atoms. The number of aliphatic carboxylic acids is 1. The van der Waals surface area contributed by atoms with Gasteiger partial charge in [-0.15, -0.1) is 11.6 Å². The van der Waals surface area contributed by atoms with Crippen LogP contribution in [0.4, 0.5) is 0 Å². The summed E-state index contributed by atoms with van der Waals surface area (Å²) in [5, 5.41) is 9.61. The van der Waals surface area contributed by atoms with Crippen molar-refractivity contribution in [2.75, 3.05) is 5.88 Å². The monoisotopic (exact) mass is 275 g/mol. The summed E-state index contributed by atoms with van der Waals surface area (Å²) >= 11 is 11.8. The van der Waals surface area contributed by atoms with Crippen molar-refractivity contribution in [3.8, 4) is 0 Å². The van der Waals surface area contributed by atoms with Gasteiger partial charge in [0, 0.05) is 11.4 Å². The van der Waals surface area contributed by atoms with Crippen LogP contribution in [0.1, 0.15) is 16.7 Å². The number of carboxylic acid groups (broad SMARTS) is 1. The van der Waals surface area contributed by atoms with Crippen LogP contribution in [0.15, 0.2) is 12.1 Å². The zero-order valence-corrected chi connectivity index (χ0v) is 11.3. The van der Waals surface area contributed by atoms with Crippen molar-refractivity contribution in [3.63, 3.8) is 0 Å². The van der Waals surface area contributed by atoms with Crippen molar-refractivity contribution in [1.82, 2.24) is 0 Å². The number of halogens is 2. The van der Waals surface area contributed by atoms with Gasteiger partial charge in [0.25, 0.3) is 0 Å². The summed E-state index contributed by atoms with van der Waals surface area (Å²) in [5.41, 5.74) is 6.97. The molecule has 0 aliphatic rings. The van der Waals surface area contributed by atoms with E-state index < -0.39 is 11.5 Å². The normalized spacial score (nSPS) is 14.4. The first-order chi connectivity index (χ1) is 7.80. The first-order valence-electron chi connectivity index (χ1n) is 5.14. The predicted octanol–water partition coefficient (Wildman–Crippen LogP) is 2.52. The van der Waals surface area contributed by atoms with Gasteiger partial charge in [-0.05, 0) is 36.6 Å². The minimum Gasteiger partial charge on any atom is -0.480 e. The fourth-order valence-corrected chi connectivity index (χ4v) is 2.26. The van der Waals surface area contributed by atoms with Gasteiger partial charge in [0.05, 0.1) is 5.88 Å². The Morgan fingerprint density at radius 1 is 1.47 bits per heavy atom. The molecule has 0 saturated heterocycles. The van der Waals surface area contributed by atoms with Crippen LogP contribution in [0.25, 0.3) is 0 Å². The third kappa shape index (κ3) is 3.12. The maximum Gasteiger partial charge on any atom is 0.325 e. The van der Waals surface area contributed by atoms with Crippen molar-refractivity contribution in [2.45, 2.75) is 25.8 Å². The van der Waals surface area contributed by atoms with Crippen LogP contribution in [0.2, 0.25) is 5.02 Å². The summed E-state index contributed by atoms with van der Waals surface area (Å²) in [6.07, 6.45) is 0.122. The van der Waals surface area contributed by atoms with E-state index in [1.165, 1.54) is 0 Å². The average molecular weight is 276 g/mol. The van der Waals surface area contributed by atoms with E-state index in [1.807, 2.05) is 19.9 Å². The minimum absolute atomic E-state index is 0.122. The van der Waals surface area contributed by atoms with E-state index in [0.29, 0.717) is 5.02 Å². The standard InChI is InChI=1S/C12H15Cl2NO2/c1-7-3-8(2)9(10(14)4-7)5-12(15,6-13)11(16)17/h3-4H,5-6,15H2,1-2H3,(H,16,17). The molecule has 0 amide bonds. The van der Waals surface area contributed by atoms with Crippen LogP contribution in [-0.2, 0) is 11.2 Å². The van der Waals surface area contributed by atoms with E-state index in [1.54, 1.807) is 6.07 Å². The molecule has 3 N–H and O–H groups in total. The van der Waals surface area contributed by atoms with Gasteiger partial charge in [-0.25, -0.2) is 0 Å². The quantitative estimate of drug-likeness (QED) is 0.830. The third-order valence-electron chi connectivity index (χ3n) is 2.72. The lowest BCUT2D eigenvalue weighted by Gasteiger charge is -2.23. The number of aryl methyl sites for hydroxylation is 2. The predicted molar refractivity (Wildman–Crippen MR) is 69.9 cm³/mol. The highest BCUT2D eigenvalue weighted by Gasteiger charge is 2.34. The molecule has 1 aromatic rings. The van der Waals surface area contributed by atoms with E-state index in [9.17, 15) is 4.79 Å². The van der Waals surface area contributed by atoms with Crippen LogP contribution in [0.5, 0.6) is 0 Å². The van der Waals surface area contributed by atoms with Gasteiger partial charge >= 0.3 is 5.97 Å². The number of carbonyl (C=O) groups is 1. The van der Waals surface area contributed by atoms with E-state index in [-0.39, 0.29) is 12.3 Å². The number of hydrogen-bond donors (Lipinski definition) is 2. The highest BCUT2D eigenvalue weighted by molar-refractivity contribution is 6.31. The molecule has 0 aliphatic carbocycles. The number of carboxylic acids is 1. The lowest BCUT2D eigenvalue weighted by Crippen LogP contribution is -2.51. The van der Waals surface area contributed by atoms with Gasteiger partial charge < -0.3 is 10.8 Å². The zero-order chi connectivity index (χ0) is 13.2. The smallest absolute Gasteiger partial charge is 0.325 e. The Morgan fingerprint density at radius 3 is 2.47 bits per heavy atom. The fourth-order valence-electron chi connectivity index (χ4n) is 1.66. The van der Waals surface area contributed by atoms with Gasteiger partial charge in [0.1, 0.15) is 5.54 Å². The van der Waals surface area contributed by atoms with Crippen LogP contribution >= 0.6 is 23.2 Å². The van der Waals surface area contributed by atoms with Gasteiger partial charge in [0.2, 0.25) is 0 Å². The van der Waals surface area contributed by atoms with Crippen molar-refractivity contribution < 1.29 is 9.90 Å². The molecule has 0 aromatic heterocycles. The zero-order valence-electron chi connectivity index (χ0n) is 9.76. The fraction of sp³-hybridized carbons (Fsp3) is 0.417. The lowest BCUT2D eigenvalue weighted by atomic mass is 9.90. The highest BCUT2D eigenvalue weighted by Crippen LogP contribution is 2.26. The summed E-state index contributed by atoms with van der Waals surface area (Å²) in [6, 6.07) is 3.73. The molecule has 94 valence electrons. The molecule has 0 aliphatic heterocycles. The Labute approximate surface area is 111 Å². The first-order valence-corrected chi connectivity index (χ1v) is 6.05. The third-order valence-corrected chi connectivity index (χ3v) is 3.53. The Bertz CT molecular complexity index is 425. The van der Waals surface area contributed by atoms with Crippen molar-refractivity contribution in [2.24, 2.45) is 5.73 Å². The minimum atomic E-state index is -1.48. The average Bonchev–Trinajstić information content (AvgIpc) is 2.22. The Morgan fingerprint density at radius 2 is 2.06 bits per heavy atom. The second kappa shape index (κ2) is 5.25. The molecule has 5 heteroatoms. The second-order valence-electron chi connectivity index (χ2n) is 4.31. The molecule has 0 heterocycles. The first kappa shape index (κ1) is 14.3. The number of benzene rings is 1. The molecular weight excluding hydrogens is 261 g/mol. The summed E-state index contributed by atoms with van der Waals surface area (Å²) in [4.78, 5) is 11.1. The molecule has 0 saturated carbocycles. The van der Waals surface area contributed by atoms with Crippen molar-refractivity contribution >= 4 is 29.2 Å². The maximum atomic E-state index is 11.1. The molecule has 0 radical (unpaired) electrons. The number of rotatable bonds is 4. The molecule has 1 unspecified atom stereocenters. The van der Waals surface area contributed by atoms with Crippen molar-refractivity contribution in [3.05, 3.63) is 33.8 Å². The topological polar surface area (TPSA) is 63.3 Å². The lowest BCUT2D eigenvalue weighted by molar-refractivity contribution is -0.142. The second-order valence-corrected chi connectivity index (χ2v) is 4.99. The largest absolute Gasteiger partial charge is 0.480 e. The van der Waals surface area contributed by atoms with E-state index in [2.05, 4.69) is 0 Å². The Balaban J connectivity index is 3.15. The van der Waals surface area contributed by atoms with Crippen molar-refractivity contribution in [1.29, 1.82) is 0 Å². The summed E-state index contributed by atoms with van der Waals surface area (Å²) in [6.45, 7) is 3.81. The molecule has 0 fully saturated rings. The summed E-state index contributed by atoms with van der Waals surface area (Å²) in [5.74, 6) is -1.28. The Kier molecular flexibility index (Phi) is 4.42. The SMILES string of the molecule is Cc1cc(C)c(CC(N)(CCl)C(=O)O)c(Cl)c1. The molecular formula is C12H15Cl2NO2. The van der Waals surface area contributed by atoms with Gasteiger partial charge in [-0.3, -0.25) is 4.79 Å². The van der Waals surface area contributed by atoms with Crippen LogP contribution in [0.3, 0.4) is 0 Å². The van der Waals surface area contributed by atoms with E-state index in [0.717, 1.165) is 16.7 Å². The van der Waals surface area contributed by atoms with E-state index >= 15 is 0 Å². The van der Waals surface area contributed by atoms with Crippen LogP contribution in [0, 0.1) is 13.8 Å². The van der Waals surface area contributed by atoms with Gasteiger partial charge in [-0.1, -0.05) is 17.7 Å². The number of alkyl halides is 1. The molecule has 1 aromatic carbocycles. The van der Waals surface area contributed by atoms with Crippen LogP contribution in [-0.4, -0.2) is 22.5 Å². The molecule has 0 spiro atoms. The molecule has 1 rings (SSSR count). The van der Waals surface area contributed by atoms with E-state index in [4.69, 9.17) is 34.0 Å². The maximum absolute atomic E-state index is 11.1. The van der Waals surface area contributed by atoms with Gasteiger partial charge in [0.15, 0.2) is 0 Å². The highest BCUT2D eigenvalue weighted by atomic mass is 35.5. The number of nitrogens with two attached hydrogens (primary N) is 1. The molecule has 3 nitrogen and oxygen atoms in total. The summed E-state index contributed by atoms with van der Waals surface area (Å²) < 4.78 is 0. The van der Waals surface area contributed by atoms with Gasteiger partial charge in [-0.2, -0.15) is 0 Å². The molecule has 1 atom stereocenters. The number of hydrogen-bond acceptors (Lipinski definition) is 2.